The fourth-order valence-corrected chi connectivity index (χ4v) is 1.76. The molecular formula is C15H22N2O3. The monoisotopic (exact) mass is 278 g/mol. The first-order valence-corrected chi connectivity index (χ1v) is 6.77. The third-order valence-corrected chi connectivity index (χ3v) is 3.02. The number of likely N-dealkylation sites (N-methyl/N-ethyl adjacent to an activating group) is 1. The summed E-state index contributed by atoms with van der Waals surface area (Å²) in [5.41, 5.74) is -0.424. The summed E-state index contributed by atoms with van der Waals surface area (Å²) in [5.74, 6) is -0.792. The smallest absolute Gasteiger partial charge is 0.252 e. The zero-order chi connectivity index (χ0) is 15.0. The van der Waals surface area contributed by atoms with Crippen molar-refractivity contribution in [2.24, 2.45) is 0 Å². The number of carbonyl (C=O) groups excluding carboxylic acids is 2. The van der Waals surface area contributed by atoms with Gasteiger partial charge < -0.3 is 15.7 Å². The highest BCUT2D eigenvalue weighted by atomic mass is 16.3. The van der Waals surface area contributed by atoms with Gasteiger partial charge in [0.2, 0.25) is 5.91 Å². The Bertz CT molecular complexity index is 444. The van der Waals surface area contributed by atoms with Crippen LogP contribution in [0.4, 0.5) is 0 Å². The van der Waals surface area contributed by atoms with Gasteiger partial charge in [0.15, 0.2) is 0 Å². The SMILES string of the molecule is CCNC(=O)CNC(=O)[C@](C)(O)CCc1ccccc1. The molecule has 1 atom stereocenters. The van der Waals surface area contributed by atoms with Gasteiger partial charge in [0.1, 0.15) is 5.60 Å². The van der Waals surface area contributed by atoms with Gasteiger partial charge in [-0.2, -0.15) is 0 Å². The molecule has 0 heterocycles. The van der Waals surface area contributed by atoms with Crippen molar-refractivity contribution in [1.29, 1.82) is 0 Å². The van der Waals surface area contributed by atoms with Crippen LogP contribution < -0.4 is 10.6 Å². The van der Waals surface area contributed by atoms with Gasteiger partial charge in [0, 0.05) is 6.54 Å². The number of carbonyl (C=O) groups is 2. The van der Waals surface area contributed by atoms with Crippen molar-refractivity contribution in [2.45, 2.75) is 32.3 Å². The van der Waals surface area contributed by atoms with Gasteiger partial charge in [-0.1, -0.05) is 30.3 Å². The lowest BCUT2D eigenvalue weighted by molar-refractivity contribution is -0.140. The minimum atomic E-state index is -1.48. The minimum Gasteiger partial charge on any atom is -0.380 e. The topological polar surface area (TPSA) is 78.4 Å². The van der Waals surface area contributed by atoms with E-state index in [1.165, 1.54) is 6.92 Å². The molecule has 1 rings (SSSR count). The molecule has 3 N–H and O–H groups in total. The molecule has 0 radical (unpaired) electrons. The molecule has 0 saturated heterocycles. The van der Waals surface area contributed by atoms with Crippen molar-refractivity contribution in [3.8, 4) is 0 Å². The number of hydrogen-bond acceptors (Lipinski definition) is 3. The van der Waals surface area contributed by atoms with E-state index in [9.17, 15) is 14.7 Å². The number of aliphatic hydroxyl groups is 1. The van der Waals surface area contributed by atoms with Gasteiger partial charge in [-0.15, -0.1) is 0 Å². The molecule has 110 valence electrons. The molecule has 20 heavy (non-hydrogen) atoms. The largest absolute Gasteiger partial charge is 0.380 e. The third-order valence-electron chi connectivity index (χ3n) is 3.02. The van der Waals surface area contributed by atoms with E-state index in [1.807, 2.05) is 30.3 Å². The fourth-order valence-electron chi connectivity index (χ4n) is 1.76. The zero-order valence-electron chi connectivity index (χ0n) is 12.0. The van der Waals surface area contributed by atoms with Crippen LogP contribution in [-0.4, -0.2) is 35.6 Å². The summed E-state index contributed by atoms with van der Waals surface area (Å²) in [6, 6.07) is 9.64. The molecular weight excluding hydrogens is 256 g/mol. The Morgan fingerprint density at radius 2 is 1.85 bits per heavy atom. The second-order valence-electron chi connectivity index (χ2n) is 4.90. The van der Waals surface area contributed by atoms with Crippen LogP contribution in [0.1, 0.15) is 25.8 Å². The molecule has 0 bridgehead atoms. The number of nitrogens with one attached hydrogen (secondary N) is 2. The van der Waals surface area contributed by atoms with Crippen LogP contribution in [0.5, 0.6) is 0 Å². The van der Waals surface area contributed by atoms with Crippen molar-refractivity contribution < 1.29 is 14.7 Å². The van der Waals surface area contributed by atoms with Crippen LogP contribution >= 0.6 is 0 Å². The van der Waals surface area contributed by atoms with E-state index in [2.05, 4.69) is 10.6 Å². The third kappa shape index (κ3) is 5.40. The van der Waals surface area contributed by atoms with Crippen molar-refractivity contribution in [2.75, 3.05) is 13.1 Å². The summed E-state index contributed by atoms with van der Waals surface area (Å²) in [4.78, 5) is 23.1. The number of amides is 2. The second kappa shape index (κ2) is 7.65. The number of aryl methyl sites for hydroxylation is 1. The van der Waals surface area contributed by atoms with Crippen LogP contribution in [0.15, 0.2) is 30.3 Å². The molecule has 0 fully saturated rings. The van der Waals surface area contributed by atoms with Crippen LogP contribution in [0.2, 0.25) is 0 Å². The Kier molecular flexibility index (Phi) is 6.18. The first-order chi connectivity index (χ1) is 9.45. The highest BCUT2D eigenvalue weighted by Gasteiger charge is 2.29. The Morgan fingerprint density at radius 1 is 1.20 bits per heavy atom. The number of hydrogen-bond donors (Lipinski definition) is 3. The van der Waals surface area contributed by atoms with E-state index >= 15 is 0 Å². The summed E-state index contributed by atoms with van der Waals surface area (Å²) in [7, 11) is 0. The minimum absolute atomic E-state index is 0.117. The molecule has 0 aliphatic heterocycles. The number of rotatable bonds is 7. The van der Waals surface area contributed by atoms with Gasteiger partial charge in [-0.05, 0) is 32.3 Å². The van der Waals surface area contributed by atoms with Gasteiger partial charge in [-0.3, -0.25) is 9.59 Å². The van der Waals surface area contributed by atoms with E-state index in [-0.39, 0.29) is 12.5 Å². The zero-order valence-corrected chi connectivity index (χ0v) is 12.0. The maximum absolute atomic E-state index is 11.9. The summed E-state index contributed by atoms with van der Waals surface area (Å²) >= 11 is 0. The van der Waals surface area contributed by atoms with Gasteiger partial charge in [-0.25, -0.2) is 0 Å². The van der Waals surface area contributed by atoms with Gasteiger partial charge >= 0.3 is 0 Å². The van der Waals surface area contributed by atoms with Gasteiger partial charge in [0.05, 0.1) is 6.54 Å². The molecule has 0 unspecified atom stereocenters. The fraction of sp³-hybridized carbons (Fsp3) is 0.467. The Labute approximate surface area is 119 Å². The standard InChI is InChI=1S/C15H22N2O3/c1-3-16-13(18)11-17-14(19)15(2,20)10-9-12-7-5-4-6-8-12/h4-8,20H,3,9-11H2,1-2H3,(H,16,18)(H,17,19)/t15-/m1/s1. The van der Waals surface area contributed by atoms with Crippen LogP contribution in [0.25, 0.3) is 0 Å². The Balaban J connectivity index is 2.42. The molecule has 0 aliphatic carbocycles. The maximum atomic E-state index is 11.9. The average molecular weight is 278 g/mol. The van der Waals surface area contributed by atoms with Crippen LogP contribution in [-0.2, 0) is 16.0 Å². The quantitative estimate of drug-likeness (QED) is 0.684. The highest BCUT2D eigenvalue weighted by Crippen LogP contribution is 2.14. The van der Waals surface area contributed by atoms with Crippen molar-refractivity contribution in [3.63, 3.8) is 0 Å². The normalized spacial score (nSPS) is 13.3. The number of benzene rings is 1. The molecule has 2 amide bonds. The molecule has 1 aromatic rings. The van der Waals surface area contributed by atoms with E-state index in [1.54, 1.807) is 6.92 Å². The van der Waals surface area contributed by atoms with E-state index in [4.69, 9.17) is 0 Å². The molecule has 0 spiro atoms. The van der Waals surface area contributed by atoms with Gasteiger partial charge in [0.25, 0.3) is 5.91 Å². The summed E-state index contributed by atoms with van der Waals surface area (Å²) in [6.07, 6.45) is 0.903. The molecule has 5 nitrogen and oxygen atoms in total. The average Bonchev–Trinajstić information content (AvgIpc) is 2.44. The van der Waals surface area contributed by atoms with E-state index < -0.39 is 11.5 Å². The predicted octanol–water partition coefficient (Wildman–Crippen LogP) is 0.623. The Morgan fingerprint density at radius 3 is 2.45 bits per heavy atom. The lowest BCUT2D eigenvalue weighted by atomic mass is 9.96. The highest BCUT2D eigenvalue weighted by molar-refractivity contribution is 5.89. The predicted molar refractivity (Wildman–Crippen MR) is 77.1 cm³/mol. The van der Waals surface area contributed by atoms with E-state index in [0.29, 0.717) is 19.4 Å². The summed E-state index contributed by atoms with van der Waals surface area (Å²) in [6.45, 7) is 3.66. The van der Waals surface area contributed by atoms with Crippen molar-refractivity contribution >= 4 is 11.8 Å². The molecule has 0 aromatic heterocycles. The lowest BCUT2D eigenvalue weighted by Crippen LogP contribution is -2.48. The first kappa shape index (κ1) is 16.2. The van der Waals surface area contributed by atoms with Crippen molar-refractivity contribution in [1.82, 2.24) is 10.6 Å². The maximum Gasteiger partial charge on any atom is 0.252 e. The first-order valence-electron chi connectivity index (χ1n) is 6.77. The second-order valence-corrected chi connectivity index (χ2v) is 4.90. The van der Waals surface area contributed by atoms with Crippen LogP contribution in [0.3, 0.4) is 0 Å². The molecule has 5 heteroatoms. The van der Waals surface area contributed by atoms with Crippen LogP contribution in [0, 0.1) is 0 Å². The summed E-state index contributed by atoms with van der Waals surface area (Å²) in [5, 5.41) is 15.2. The summed E-state index contributed by atoms with van der Waals surface area (Å²) < 4.78 is 0. The van der Waals surface area contributed by atoms with Crippen molar-refractivity contribution in [3.05, 3.63) is 35.9 Å². The molecule has 1 aromatic carbocycles. The Hall–Kier alpha value is -1.88. The molecule has 0 aliphatic rings. The lowest BCUT2D eigenvalue weighted by Gasteiger charge is -2.22. The molecule has 0 saturated carbocycles. The van der Waals surface area contributed by atoms with E-state index in [0.717, 1.165) is 5.56 Å².